The summed E-state index contributed by atoms with van der Waals surface area (Å²) in [6.45, 7) is 6.27. The maximum atomic E-state index is 13.6. The van der Waals surface area contributed by atoms with Gasteiger partial charge < -0.3 is 15.2 Å². The predicted molar refractivity (Wildman–Crippen MR) is 66.9 cm³/mol. The highest BCUT2D eigenvalue weighted by molar-refractivity contribution is 5.48. The third kappa shape index (κ3) is 3.89. The molecular weight excluding hydrogens is 221 g/mol. The number of anilines is 1. The van der Waals surface area contributed by atoms with Crippen LogP contribution in [0.4, 0.5) is 10.1 Å². The summed E-state index contributed by atoms with van der Waals surface area (Å²) in [7, 11) is 0. The highest BCUT2D eigenvalue weighted by Gasteiger charge is 2.12. The smallest absolute Gasteiger partial charge is 0.167 e. The Kier molecular flexibility index (Phi) is 5.22. The van der Waals surface area contributed by atoms with E-state index in [0.717, 1.165) is 0 Å². The predicted octanol–water partition coefficient (Wildman–Crippen LogP) is 2.65. The summed E-state index contributed by atoms with van der Waals surface area (Å²) in [5, 5.41) is 12.3. The first-order valence-corrected chi connectivity index (χ1v) is 5.88. The molecule has 0 radical (unpaired) electrons. The lowest BCUT2D eigenvalue weighted by atomic mass is 10.1. The first-order chi connectivity index (χ1) is 8.08. The van der Waals surface area contributed by atoms with Gasteiger partial charge in [-0.3, -0.25) is 0 Å². The van der Waals surface area contributed by atoms with Crippen LogP contribution in [0.15, 0.2) is 18.2 Å². The number of hydrogen-bond donors (Lipinski definition) is 2. The molecular formula is C13H20FNO2. The molecule has 0 spiro atoms. The van der Waals surface area contributed by atoms with Crippen molar-refractivity contribution in [2.24, 2.45) is 5.92 Å². The number of rotatable bonds is 6. The molecule has 3 nitrogen and oxygen atoms in total. The van der Waals surface area contributed by atoms with Crippen molar-refractivity contribution in [3.8, 4) is 5.75 Å². The summed E-state index contributed by atoms with van der Waals surface area (Å²) in [6, 6.07) is 4.65. The van der Waals surface area contributed by atoms with E-state index in [-0.39, 0.29) is 24.3 Å². The van der Waals surface area contributed by atoms with Gasteiger partial charge in [-0.25, -0.2) is 4.39 Å². The van der Waals surface area contributed by atoms with Gasteiger partial charge in [-0.2, -0.15) is 0 Å². The topological polar surface area (TPSA) is 41.5 Å². The van der Waals surface area contributed by atoms with E-state index >= 15 is 0 Å². The molecule has 4 heteroatoms. The number of halogens is 1. The summed E-state index contributed by atoms with van der Waals surface area (Å²) in [4.78, 5) is 0. The van der Waals surface area contributed by atoms with Gasteiger partial charge in [0.1, 0.15) is 0 Å². The van der Waals surface area contributed by atoms with Crippen molar-refractivity contribution in [1.29, 1.82) is 0 Å². The number of hydrogen-bond acceptors (Lipinski definition) is 3. The Bertz CT molecular complexity index is 355. The molecule has 1 rings (SSSR count). The van der Waals surface area contributed by atoms with E-state index in [1.54, 1.807) is 12.1 Å². The second-order valence-corrected chi connectivity index (χ2v) is 4.26. The molecule has 0 aromatic heterocycles. The lowest BCUT2D eigenvalue weighted by molar-refractivity contribution is 0.249. The van der Waals surface area contributed by atoms with Gasteiger partial charge in [0.2, 0.25) is 0 Å². The van der Waals surface area contributed by atoms with Crippen molar-refractivity contribution < 1.29 is 14.2 Å². The summed E-state index contributed by atoms with van der Waals surface area (Å²) in [5.41, 5.74) is 0.652. The van der Waals surface area contributed by atoms with Gasteiger partial charge in [0.05, 0.1) is 19.3 Å². The van der Waals surface area contributed by atoms with Crippen LogP contribution in [0, 0.1) is 11.7 Å². The molecule has 0 amide bonds. The molecule has 0 fully saturated rings. The molecule has 96 valence electrons. The van der Waals surface area contributed by atoms with Gasteiger partial charge in [-0.05, 0) is 25.0 Å². The van der Waals surface area contributed by atoms with Gasteiger partial charge in [-0.1, -0.05) is 13.8 Å². The molecule has 2 N–H and O–H groups in total. The third-order valence-corrected chi connectivity index (χ3v) is 2.59. The van der Waals surface area contributed by atoms with E-state index in [4.69, 9.17) is 4.74 Å². The van der Waals surface area contributed by atoms with Crippen LogP contribution in [0.3, 0.4) is 0 Å². The van der Waals surface area contributed by atoms with Crippen molar-refractivity contribution >= 4 is 5.69 Å². The second-order valence-electron chi connectivity index (χ2n) is 4.26. The Morgan fingerprint density at radius 2 is 2.12 bits per heavy atom. The SMILES string of the molecule is CCOc1ccc(NC(CO)C(C)C)cc1F. The van der Waals surface area contributed by atoms with Crippen molar-refractivity contribution in [2.45, 2.75) is 26.8 Å². The van der Waals surface area contributed by atoms with Crippen molar-refractivity contribution in [3.05, 3.63) is 24.0 Å². The first kappa shape index (κ1) is 13.8. The zero-order valence-corrected chi connectivity index (χ0v) is 10.5. The Morgan fingerprint density at radius 1 is 1.41 bits per heavy atom. The zero-order valence-electron chi connectivity index (χ0n) is 10.5. The highest BCUT2D eigenvalue weighted by atomic mass is 19.1. The largest absolute Gasteiger partial charge is 0.491 e. The average Bonchev–Trinajstić information content (AvgIpc) is 2.29. The maximum absolute atomic E-state index is 13.6. The minimum absolute atomic E-state index is 0.0203. The maximum Gasteiger partial charge on any atom is 0.167 e. The van der Waals surface area contributed by atoms with Crippen LogP contribution >= 0.6 is 0 Å². The van der Waals surface area contributed by atoms with E-state index in [9.17, 15) is 9.50 Å². The van der Waals surface area contributed by atoms with Crippen LogP contribution < -0.4 is 10.1 Å². The van der Waals surface area contributed by atoms with Crippen LogP contribution in [0.5, 0.6) is 5.75 Å². The van der Waals surface area contributed by atoms with E-state index < -0.39 is 5.82 Å². The van der Waals surface area contributed by atoms with Gasteiger partial charge in [0.15, 0.2) is 11.6 Å². The Balaban J connectivity index is 2.76. The number of benzene rings is 1. The summed E-state index contributed by atoms with van der Waals surface area (Å²) >= 11 is 0. The molecule has 0 aliphatic heterocycles. The number of aliphatic hydroxyl groups is 1. The molecule has 1 unspecified atom stereocenters. The Labute approximate surface area is 102 Å². The van der Waals surface area contributed by atoms with Gasteiger partial charge in [0, 0.05) is 11.8 Å². The molecule has 1 aromatic rings. The lowest BCUT2D eigenvalue weighted by Gasteiger charge is -2.21. The van der Waals surface area contributed by atoms with Gasteiger partial charge in [0.25, 0.3) is 0 Å². The fourth-order valence-electron chi connectivity index (χ4n) is 1.50. The lowest BCUT2D eigenvalue weighted by Crippen LogP contribution is -2.29. The first-order valence-electron chi connectivity index (χ1n) is 5.88. The van der Waals surface area contributed by atoms with Crippen LogP contribution in [0.2, 0.25) is 0 Å². The average molecular weight is 241 g/mol. The van der Waals surface area contributed by atoms with Crippen LogP contribution in [0.25, 0.3) is 0 Å². The van der Waals surface area contributed by atoms with E-state index in [0.29, 0.717) is 12.3 Å². The van der Waals surface area contributed by atoms with Crippen molar-refractivity contribution in [2.75, 3.05) is 18.5 Å². The molecule has 0 aliphatic carbocycles. The zero-order chi connectivity index (χ0) is 12.8. The van der Waals surface area contributed by atoms with Crippen LogP contribution in [0.1, 0.15) is 20.8 Å². The second kappa shape index (κ2) is 6.45. The minimum atomic E-state index is -0.391. The molecule has 0 heterocycles. The monoisotopic (exact) mass is 241 g/mol. The summed E-state index contributed by atoms with van der Waals surface area (Å²) < 4.78 is 18.7. The Hall–Kier alpha value is -1.29. The summed E-state index contributed by atoms with van der Waals surface area (Å²) in [5.74, 6) is 0.134. The summed E-state index contributed by atoms with van der Waals surface area (Å²) in [6.07, 6.45) is 0. The normalized spacial score (nSPS) is 12.6. The van der Waals surface area contributed by atoms with E-state index in [1.807, 2.05) is 20.8 Å². The van der Waals surface area contributed by atoms with Crippen molar-refractivity contribution in [3.63, 3.8) is 0 Å². The van der Waals surface area contributed by atoms with Crippen LogP contribution in [-0.2, 0) is 0 Å². The Morgan fingerprint density at radius 3 is 2.59 bits per heavy atom. The number of aliphatic hydroxyl groups excluding tert-OH is 1. The fraction of sp³-hybridized carbons (Fsp3) is 0.538. The molecule has 0 bridgehead atoms. The number of nitrogens with one attached hydrogen (secondary N) is 1. The van der Waals surface area contributed by atoms with Gasteiger partial charge >= 0.3 is 0 Å². The van der Waals surface area contributed by atoms with Crippen molar-refractivity contribution in [1.82, 2.24) is 0 Å². The standard InChI is InChI=1S/C13H20FNO2/c1-4-17-13-6-5-10(7-11(13)14)15-12(8-16)9(2)3/h5-7,9,12,15-16H,4,8H2,1-3H3. The number of ether oxygens (including phenoxy) is 1. The van der Waals surface area contributed by atoms with Crippen LogP contribution in [-0.4, -0.2) is 24.4 Å². The minimum Gasteiger partial charge on any atom is -0.491 e. The highest BCUT2D eigenvalue weighted by Crippen LogP contribution is 2.22. The fourth-order valence-corrected chi connectivity index (χ4v) is 1.50. The quantitative estimate of drug-likeness (QED) is 0.804. The molecule has 0 saturated carbocycles. The molecule has 0 aliphatic rings. The molecule has 0 saturated heterocycles. The van der Waals surface area contributed by atoms with E-state index in [2.05, 4.69) is 5.32 Å². The molecule has 1 atom stereocenters. The van der Waals surface area contributed by atoms with Gasteiger partial charge in [-0.15, -0.1) is 0 Å². The molecule has 1 aromatic carbocycles. The molecule has 17 heavy (non-hydrogen) atoms. The van der Waals surface area contributed by atoms with E-state index in [1.165, 1.54) is 6.07 Å². The third-order valence-electron chi connectivity index (χ3n) is 2.59.